The summed E-state index contributed by atoms with van der Waals surface area (Å²) in [6, 6.07) is -2.07. The maximum atomic E-state index is 10.5. The lowest BCUT2D eigenvalue weighted by Gasteiger charge is -2.02. The summed E-state index contributed by atoms with van der Waals surface area (Å²) in [6.07, 6.45) is 6.69. The normalized spacial score (nSPS) is 11.8. The number of nitrogens with one attached hydrogen (secondary N) is 1. The number of carboxylic acids is 7. The van der Waals surface area contributed by atoms with Crippen molar-refractivity contribution in [2.24, 2.45) is 75.9 Å². The molecule has 22 N–H and O–H groups in total. The molecule has 0 aliphatic heterocycles. The van der Waals surface area contributed by atoms with E-state index in [1.807, 2.05) is 0 Å². The fraction of sp³-hybridized carbons (Fsp3) is 0.460. The molecule has 7 aromatic rings. The molecule has 7 rings (SSSR count). The predicted octanol–water partition coefficient (Wildman–Crippen LogP) is 2.09. The Kier molecular flexibility index (Phi) is 44.3. The molecule has 0 radical (unpaired) electrons. The van der Waals surface area contributed by atoms with E-state index in [-0.39, 0.29) is 96.0 Å². The molecule has 0 saturated carbocycles. The maximum Gasteiger partial charge on any atom is 0.321 e. The van der Waals surface area contributed by atoms with Gasteiger partial charge in [-0.05, 0) is 50.9 Å². The second-order valence-corrected chi connectivity index (χ2v) is 21.2. The second-order valence-electron chi connectivity index (χ2n) is 20.3. The number of aromatic nitrogens is 11. The molecule has 7 atom stereocenters. The third-order valence-corrected chi connectivity index (χ3v) is 12.9. The van der Waals surface area contributed by atoms with Crippen molar-refractivity contribution in [2.75, 3.05) is 13.1 Å². The van der Waals surface area contributed by atoms with Gasteiger partial charge in [-0.25, -0.2) is 15.0 Å². The number of H-pyrrole nitrogens is 1. The van der Waals surface area contributed by atoms with Crippen molar-refractivity contribution >= 4 is 53.1 Å². The van der Waals surface area contributed by atoms with Crippen LogP contribution in [-0.2, 0) is 124 Å². The van der Waals surface area contributed by atoms with Crippen LogP contribution in [0.25, 0.3) is 73.1 Å². The number of aromatic amines is 1. The van der Waals surface area contributed by atoms with Gasteiger partial charge in [-0.1, -0.05) is 46.2 Å². The predicted molar refractivity (Wildman–Crippen MR) is 360 cm³/mol. The molecule has 0 unspecified atom stereocenters. The minimum Gasteiger partial charge on any atom is -0.480 e. The zero-order chi connectivity index (χ0) is 80.2. The summed E-state index contributed by atoms with van der Waals surface area (Å²) in [5, 5.41) is 107. The molecule has 56 nitrogen and oxygen atoms in total. The average molecular weight is 1520 g/mol. The average Bonchev–Trinajstić information content (AvgIpc) is 1.84. The lowest BCUT2D eigenvalue weighted by atomic mass is 10.1. The summed E-state index contributed by atoms with van der Waals surface area (Å²) in [4.78, 5) is 103. The molecule has 0 fully saturated rings. The van der Waals surface area contributed by atoms with Crippen molar-refractivity contribution < 1.29 is 82.7 Å². The van der Waals surface area contributed by atoms with Gasteiger partial charge >= 0.3 is 41.8 Å². The zero-order valence-corrected chi connectivity index (χ0v) is 56.3. The van der Waals surface area contributed by atoms with Crippen molar-refractivity contribution in [3.63, 3.8) is 0 Å². The molecule has 7 heterocycles. The number of hydrogen-bond acceptors (Lipinski definition) is 33. The SMILES string of the molecule is [N-]=[N+]=NCCn1cc(C[C@H](N)C(=O)O)nn1.[N-]=[N+]=NCCn1ccc(C[C@H](N)C(=O)O)n1.[N-]=[N+]=NCc1cc(C[C@H](N)C(=O)O)[nH]n1.[N-]=[N+]=NCc1cc(C[C@H](N)C(=O)O)no1.[N-]=[N+]=NCc1coc(C[C@H](N)C(=O)O)n1.[N-]=[N+]=NCc1nc(C[C@H](N)C(=O)O)co1.[N-]=[N+]=NCc1nc(C[C@H](N)C(=O)O)cs1. The van der Waals surface area contributed by atoms with E-state index >= 15 is 0 Å². The molecule has 0 spiro atoms. The molecular weight excluding hydrogens is 1450 g/mol. The van der Waals surface area contributed by atoms with E-state index in [2.05, 4.69) is 116 Å². The highest BCUT2D eigenvalue weighted by atomic mass is 32.1. The number of hydrogen-bond donors (Lipinski definition) is 15. The molecular formula is C50H69N39O17S. The smallest absolute Gasteiger partial charge is 0.321 e. The largest absolute Gasteiger partial charge is 0.480 e. The van der Waals surface area contributed by atoms with Gasteiger partial charge in [-0.3, -0.25) is 48.0 Å². The first-order valence-electron chi connectivity index (χ1n) is 29.6. The first kappa shape index (κ1) is 91.0. The molecule has 0 amide bonds. The summed E-state index contributed by atoms with van der Waals surface area (Å²) in [6.45, 7) is 1.88. The third kappa shape index (κ3) is 40.9. The molecule has 0 aliphatic rings. The third-order valence-electron chi connectivity index (χ3n) is 12.0. The lowest BCUT2D eigenvalue weighted by molar-refractivity contribution is -0.139. The van der Waals surface area contributed by atoms with E-state index in [1.54, 1.807) is 34.6 Å². The van der Waals surface area contributed by atoms with Crippen LogP contribution in [-0.4, -0.2) is 188 Å². The fourth-order valence-corrected chi connectivity index (χ4v) is 7.61. The number of nitrogens with zero attached hydrogens (tertiary/aromatic N) is 31. The second kappa shape index (κ2) is 52.0. The zero-order valence-electron chi connectivity index (χ0n) is 55.5. The highest BCUT2D eigenvalue weighted by Crippen LogP contribution is 2.14. The molecule has 0 bridgehead atoms. The minimum atomic E-state index is -1.12. The Bertz CT molecular complexity index is 3790. The Morgan fingerprint density at radius 3 is 1.44 bits per heavy atom. The minimum absolute atomic E-state index is 0.00118. The molecule has 0 aliphatic carbocycles. The summed E-state index contributed by atoms with van der Waals surface area (Å²) >= 11 is 1.32. The van der Waals surface area contributed by atoms with Gasteiger partial charge in [0, 0.05) is 129 Å². The van der Waals surface area contributed by atoms with Crippen molar-refractivity contribution in [2.45, 2.75) is 133 Å². The Balaban J connectivity index is 0.000000624. The van der Waals surface area contributed by atoms with Crippen molar-refractivity contribution in [1.82, 2.24) is 55.1 Å². The van der Waals surface area contributed by atoms with Crippen molar-refractivity contribution in [3.05, 3.63) is 190 Å². The van der Waals surface area contributed by atoms with Crippen LogP contribution in [0.1, 0.15) is 68.1 Å². The van der Waals surface area contributed by atoms with Crippen LogP contribution >= 0.6 is 11.3 Å². The van der Waals surface area contributed by atoms with Crippen LogP contribution in [0.2, 0.25) is 0 Å². The van der Waals surface area contributed by atoms with E-state index in [1.165, 1.54) is 34.6 Å². The Morgan fingerprint density at radius 1 is 0.467 bits per heavy atom. The van der Waals surface area contributed by atoms with E-state index in [0.717, 1.165) is 0 Å². The van der Waals surface area contributed by atoms with Crippen LogP contribution in [0.15, 0.2) is 97.7 Å². The van der Waals surface area contributed by atoms with E-state index in [4.69, 9.17) is 128 Å². The van der Waals surface area contributed by atoms with Gasteiger partial charge in [0.1, 0.15) is 67.1 Å². The number of carboxylic acid groups (broad SMARTS) is 7. The van der Waals surface area contributed by atoms with Crippen molar-refractivity contribution in [1.29, 1.82) is 0 Å². The van der Waals surface area contributed by atoms with Gasteiger partial charge in [-0.15, -0.1) is 16.4 Å². The molecule has 57 heteroatoms. The van der Waals surface area contributed by atoms with Crippen LogP contribution in [0.5, 0.6) is 0 Å². The number of aliphatic carboxylic acids is 7. The molecule has 7 aromatic heterocycles. The first-order chi connectivity index (χ1) is 50.9. The topological polar surface area (TPSA) is 953 Å². The summed E-state index contributed by atoms with van der Waals surface area (Å²) in [7, 11) is 0. The lowest BCUT2D eigenvalue weighted by Crippen LogP contribution is -2.32. The first-order valence-corrected chi connectivity index (χ1v) is 30.4. The van der Waals surface area contributed by atoms with E-state index in [0.29, 0.717) is 76.0 Å². The van der Waals surface area contributed by atoms with Gasteiger partial charge in [-0.2, -0.15) is 10.2 Å². The highest BCUT2D eigenvalue weighted by Gasteiger charge is 2.20. The Hall–Kier alpha value is -14.0. The van der Waals surface area contributed by atoms with Crippen LogP contribution < -0.4 is 40.1 Å². The van der Waals surface area contributed by atoms with Gasteiger partial charge < -0.3 is 89.2 Å². The van der Waals surface area contributed by atoms with Gasteiger partial charge in [0.05, 0.1) is 77.5 Å². The standard InChI is InChI=1S/C8H12N6O2.C7H11N7O2.C7H10N6O2.3C7H9N5O3.C7H9N5O2S/c9-7(8(15)16)5-6-1-3-14(12-6)4-2-11-13-10;8-6(7(15)16)3-5-4-14(13-11-5)2-1-10-12-9;8-6(7(14)15)2-4-1-5(12-11-4)3-10-13-9;8-5(7(13)14)1-6-11-4(3-15-6)2-10-12-9;8-5(7(13)14)1-4-3-15-6(11-4)2-10-12-9;8-6(7(13)14)2-4-1-5(15-11-4)3-10-12-9;8-5(7(13)14)1-4-3-15-6(11-4)2-10-12-9/h1,3,7H,2,4-5,9H2,(H,15,16);4,6H,1-3,8H2,(H,15,16);1,6H,2-3,8H2,(H,11,12)(H,14,15);2*3,5H,1-2,8H2,(H,13,14);1,6H,2-3,8H2,(H,13,14);3,5H,1-2,8H2,(H,13,14)/t7-;2*6-;2*5-;6-;5-/m0000000/s1. The fourth-order valence-electron chi connectivity index (χ4n) is 6.89. The Labute approximate surface area is 600 Å². The molecule has 107 heavy (non-hydrogen) atoms. The van der Waals surface area contributed by atoms with Gasteiger partial charge in [0.2, 0.25) is 0 Å². The highest BCUT2D eigenvalue weighted by molar-refractivity contribution is 7.09. The number of carbonyl (C=O) groups is 7. The number of nitrogens with two attached hydrogens (primary N) is 7. The number of thiazole rings is 1. The molecule has 0 aromatic carbocycles. The van der Waals surface area contributed by atoms with Crippen LogP contribution in [0, 0.1) is 0 Å². The van der Waals surface area contributed by atoms with Crippen LogP contribution in [0.3, 0.4) is 0 Å². The number of oxazole rings is 2. The van der Waals surface area contributed by atoms with Crippen molar-refractivity contribution in [3.8, 4) is 0 Å². The molecule has 0 saturated heterocycles. The Morgan fingerprint density at radius 2 is 0.897 bits per heavy atom. The summed E-state index contributed by atoms with van der Waals surface area (Å²) in [5.41, 5.74) is 97.9. The summed E-state index contributed by atoms with van der Waals surface area (Å²) in [5.74, 6) is -6.75. The van der Waals surface area contributed by atoms with Crippen LogP contribution in [0.4, 0.5) is 0 Å². The van der Waals surface area contributed by atoms with E-state index in [9.17, 15) is 33.6 Å². The summed E-state index contributed by atoms with van der Waals surface area (Å²) < 4.78 is 17.7. The maximum absolute atomic E-state index is 10.5. The quantitative estimate of drug-likeness (QED) is 0.0151. The number of rotatable bonds is 37. The van der Waals surface area contributed by atoms with Gasteiger partial charge in [0.25, 0.3) is 0 Å². The number of azide groups is 7. The molecule has 572 valence electrons. The van der Waals surface area contributed by atoms with Gasteiger partial charge in [0.15, 0.2) is 11.8 Å². The monoisotopic (exact) mass is 1520 g/mol. The van der Waals surface area contributed by atoms with E-state index < -0.39 is 84.1 Å².